The fourth-order valence-electron chi connectivity index (χ4n) is 4.22. The Morgan fingerprint density at radius 3 is 2.25 bits per heavy atom. The average molecular weight is 278 g/mol. The van der Waals surface area contributed by atoms with Crippen LogP contribution in [0.2, 0.25) is 0 Å². The number of ketones is 1. The molecule has 3 fully saturated rings. The summed E-state index contributed by atoms with van der Waals surface area (Å²) in [4.78, 5) is 29.2. The number of carbonyl (C=O) groups excluding carboxylic acids is 2. The van der Waals surface area contributed by atoms with Gasteiger partial charge in [0.1, 0.15) is 5.78 Å². The lowest BCUT2D eigenvalue weighted by Crippen LogP contribution is -2.51. The van der Waals surface area contributed by atoms with Crippen molar-refractivity contribution in [3.8, 4) is 0 Å². The van der Waals surface area contributed by atoms with Crippen LogP contribution in [0.5, 0.6) is 0 Å². The van der Waals surface area contributed by atoms with Crippen LogP contribution in [0.3, 0.4) is 0 Å². The van der Waals surface area contributed by atoms with Crippen molar-refractivity contribution in [2.24, 2.45) is 17.8 Å². The molecule has 0 aromatic heterocycles. The zero-order valence-corrected chi connectivity index (χ0v) is 12.5. The quantitative estimate of drug-likeness (QED) is 0.769. The maximum absolute atomic E-state index is 12.7. The molecule has 2 bridgehead atoms. The number of carbonyl (C=O) groups is 2. The topological polar surface area (TPSA) is 40.6 Å². The Balaban J connectivity index is 1.59. The summed E-state index contributed by atoms with van der Waals surface area (Å²) in [6, 6.07) is 0. The smallest absolute Gasteiger partial charge is 0.225 e. The van der Waals surface area contributed by atoms with E-state index in [4.69, 9.17) is 0 Å². The average Bonchev–Trinajstić information content (AvgIpc) is 2.46. The molecular weight excluding hydrogens is 252 g/mol. The summed E-state index contributed by atoms with van der Waals surface area (Å²) < 4.78 is 0. The van der Waals surface area contributed by atoms with E-state index in [1.807, 2.05) is 4.90 Å². The molecule has 3 aliphatic rings. The van der Waals surface area contributed by atoms with Crippen molar-refractivity contribution in [3.63, 3.8) is 0 Å². The lowest BCUT2D eigenvalue weighted by atomic mass is 9.67. The Bertz CT molecular complexity index is 372. The number of likely N-dealkylation sites (N-methyl/N-ethyl adjacent to an activating group) is 1. The highest BCUT2D eigenvalue weighted by Crippen LogP contribution is 2.40. The zero-order chi connectivity index (χ0) is 14.1. The Morgan fingerprint density at radius 2 is 1.70 bits per heavy atom. The highest BCUT2D eigenvalue weighted by Gasteiger charge is 2.42. The summed E-state index contributed by atoms with van der Waals surface area (Å²) in [5.41, 5.74) is 0. The monoisotopic (exact) mass is 278 g/mol. The lowest BCUT2D eigenvalue weighted by Gasteiger charge is -2.41. The first-order valence-corrected chi connectivity index (χ1v) is 8.24. The van der Waals surface area contributed by atoms with E-state index in [1.165, 1.54) is 6.42 Å². The van der Waals surface area contributed by atoms with E-state index in [2.05, 4.69) is 11.8 Å². The Morgan fingerprint density at radius 1 is 1.10 bits per heavy atom. The molecule has 1 saturated heterocycles. The van der Waals surface area contributed by atoms with Crippen molar-refractivity contribution in [2.75, 3.05) is 32.7 Å². The predicted molar refractivity (Wildman–Crippen MR) is 77.3 cm³/mol. The second kappa shape index (κ2) is 5.84. The molecule has 1 aliphatic heterocycles. The number of hydrogen-bond acceptors (Lipinski definition) is 3. The molecule has 2 saturated carbocycles. The molecule has 1 heterocycles. The van der Waals surface area contributed by atoms with Gasteiger partial charge in [-0.25, -0.2) is 0 Å². The number of Topliss-reactive ketones (excluding diaryl/α,β-unsaturated/α-hetero) is 1. The lowest BCUT2D eigenvalue weighted by molar-refractivity contribution is -0.144. The fourth-order valence-corrected chi connectivity index (χ4v) is 4.22. The molecule has 3 rings (SSSR count). The van der Waals surface area contributed by atoms with E-state index < -0.39 is 0 Å². The molecule has 4 nitrogen and oxygen atoms in total. The van der Waals surface area contributed by atoms with Crippen LogP contribution in [-0.4, -0.2) is 54.2 Å². The molecular formula is C16H26N2O2. The van der Waals surface area contributed by atoms with E-state index >= 15 is 0 Å². The molecule has 20 heavy (non-hydrogen) atoms. The summed E-state index contributed by atoms with van der Waals surface area (Å²) in [7, 11) is 0. The van der Waals surface area contributed by atoms with Gasteiger partial charge in [-0.1, -0.05) is 13.3 Å². The molecule has 1 amide bonds. The van der Waals surface area contributed by atoms with Gasteiger partial charge in [-0.15, -0.1) is 0 Å². The van der Waals surface area contributed by atoms with Crippen molar-refractivity contribution >= 4 is 11.7 Å². The Hall–Kier alpha value is -0.900. The molecule has 2 unspecified atom stereocenters. The molecule has 0 N–H and O–H groups in total. The van der Waals surface area contributed by atoms with Gasteiger partial charge in [0.05, 0.1) is 0 Å². The van der Waals surface area contributed by atoms with E-state index in [1.54, 1.807) is 0 Å². The zero-order valence-electron chi connectivity index (χ0n) is 12.5. The molecule has 4 heteroatoms. The predicted octanol–water partition coefficient (Wildman–Crippen LogP) is 1.55. The van der Waals surface area contributed by atoms with Crippen molar-refractivity contribution < 1.29 is 9.59 Å². The normalized spacial score (nSPS) is 35.1. The van der Waals surface area contributed by atoms with Gasteiger partial charge in [0.2, 0.25) is 5.91 Å². The van der Waals surface area contributed by atoms with E-state index in [0.717, 1.165) is 58.4 Å². The minimum Gasteiger partial charge on any atom is -0.340 e. The fraction of sp³-hybridized carbons (Fsp3) is 0.875. The van der Waals surface area contributed by atoms with Crippen LogP contribution < -0.4 is 0 Å². The molecule has 0 radical (unpaired) electrons. The number of amides is 1. The van der Waals surface area contributed by atoms with E-state index in [-0.39, 0.29) is 17.8 Å². The van der Waals surface area contributed by atoms with E-state index in [0.29, 0.717) is 11.7 Å². The first kappa shape index (κ1) is 14.1. The highest BCUT2D eigenvalue weighted by atomic mass is 16.2. The molecule has 2 atom stereocenters. The Kier molecular flexibility index (Phi) is 4.11. The van der Waals surface area contributed by atoms with Crippen LogP contribution in [-0.2, 0) is 9.59 Å². The van der Waals surface area contributed by atoms with Crippen molar-refractivity contribution in [1.82, 2.24) is 9.80 Å². The van der Waals surface area contributed by atoms with Crippen molar-refractivity contribution in [1.29, 1.82) is 0 Å². The highest BCUT2D eigenvalue weighted by molar-refractivity contribution is 5.88. The van der Waals surface area contributed by atoms with Crippen molar-refractivity contribution in [2.45, 2.75) is 39.0 Å². The molecule has 112 valence electrons. The van der Waals surface area contributed by atoms with Gasteiger partial charge in [-0.2, -0.15) is 0 Å². The Labute approximate surface area is 121 Å². The number of fused-ring (bicyclic) bond motifs is 2. The van der Waals surface area contributed by atoms with Crippen LogP contribution in [0.4, 0.5) is 0 Å². The number of nitrogens with zero attached hydrogens (tertiary/aromatic N) is 2. The minimum absolute atomic E-state index is 0.121. The number of rotatable bonds is 2. The minimum atomic E-state index is 0.121. The van der Waals surface area contributed by atoms with Crippen LogP contribution in [0.25, 0.3) is 0 Å². The first-order valence-electron chi connectivity index (χ1n) is 8.24. The second-order valence-electron chi connectivity index (χ2n) is 6.65. The largest absolute Gasteiger partial charge is 0.340 e. The molecule has 2 aliphatic carbocycles. The van der Waals surface area contributed by atoms with Gasteiger partial charge >= 0.3 is 0 Å². The van der Waals surface area contributed by atoms with Gasteiger partial charge < -0.3 is 9.80 Å². The summed E-state index contributed by atoms with van der Waals surface area (Å²) in [5, 5.41) is 0. The van der Waals surface area contributed by atoms with Crippen LogP contribution in [0, 0.1) is 17.8 Å². The number of hydrogen-bond donors (Lipinski definition) is 0. The SMILES string of the molecule is CCN1CCN(C(=O)C2CC3CCCC(C2)C3=O)CC1. The molecule has 0 spiro atoms. The van der Waals surface area contributed by atoms with Crippen LogP contribution in [0.1, 0.15) is 39.0 Å². The maximum atomic E-state index is 12.7. The van der Waals surface area contributed by atoms with Crippen molar-refractivity contribution in [3.05, 3.63) is 0 Å². The van der Waals surface area contributed by atoms with Gasteiger partial charge in [0, 0.05) is 43.9 Å². The summed E-state index contributed by atoms with van der Waals surface area (Å²) >= 11 is 0. The second-order valence-corrected chi connectivity index (χ2v) is 6.65. The summed E-state index contributed by atoms with van der Waals surface area (Å²) in [6.45, 7) is 6.98. The van der Waals surface area contributed by atoms with Crippen LogP contribution in [0.15, 0.2) is 0 Å². The third-order valence-corrected chi connectivity index (χ3v) is 5.53. The third-order valence-electron chi connectivity index (χ3n) is 5.53. The van der Waals surface area contributed by atoms with Gasteiger partial charge in [-0.05, 0) is 32.2 Å². The van der Waals surface area contributed by atoms with Gasteiger partial charge in [0.15, 0.2) is 0 Å². The molecule has 0 aromatic carbocycles. The summed E-state index contributed by atoms with van der Waals surface area (Å²) in [6.07, 6.45) is 4.85. The maximum Gasteiger partial charge on any atom is 0.225 e. The third kappa shape index (κ3) is 2.62. The summed E-state index contributed by atoms with van der Waals surface area (Å²) in [5.74, 6) is 1.28. The van der Waals surface area contributed by atoms with Gasteiger partial charge in [0.25, 0.3) is 0 Å². The first-order chi connectivity index (χ1) is 9.69. The van der Waals surface area contributed by atoms with Gasteiger partial charge in [-0.3, -0.25) is 9.59 Å². The standard InChI is InChI=1S/C16H26N2O2/c1-2-17-6-8-18(9-7-17)16(20)14-10-12-4-3-5-13(11-14)15(12)19/h12-14H,2-11H2,1H3. The van der Waals surface area contributed by atoms with Crippen LogP contribution >= 0.6 is 0 Å². The van der Waals surface area contributed by atoms with E-state index in [9.17, 15) is 9.59 Å². The molecule has 0 aromatic rings. The number of piperazine rings is 1.